The average molecular weight is 296 g/mol. The molecule has 112 valence electrons. The van der Waals surface area contributed by atoms with Crippen LogP contribution in [0.5, 0.6) is 0 Å². The molecule has 0 saturated carbocycles. The Morgan fingerprint density at radius 3 is 2.86 bits per heavy atom. The fourth-order valence-electron chi connectivity index (χ4n) is 2.43. The minimum atomic E-state index is -0.164. The van der Waals surface area contributed by atoms with Crippen LogP contribution in [-0.4, -0.2) is 33.2 Å². The molecule has 0 spiro atoms. The first-order valence-electron chi connectivity index (χ1n) is 7.12. The van der Waals surface area contributed by atoms with Crippen molar-refractivity contribution in [3.05, 3.63) is 47.8 Å². The van der Waals surface area contributed by atoms with Crippen LogP contribution in [0.1, 0.15) is 29.4 Å². The maximum atomic E-state index is 12.6. The third-order valence-corrected chi connectivity index (χ3v) is 3.54. The highest BCUT2D eigenvalue weighted by molar-refractivity contribution is 5.96. The number of carbonyl (C=O) groups is 2. The highest BCUT2D eigenvalue weighted by Gasteiger charge is 2.20. The number of amides is 1. The minimum Gasteiger partial charge on any atom is -0.310 e. The van der Waals surface area contributed by atoms with Crippen molar-refractivity contribution in [3.8, 4) is 0 Å². The van der Waals surface area contributed by atoms with E-state index in [1.165, 1.54) is 17.8 Å². The van der Waals surface area contributed by atoms with Crippen molar-refractivity contribution in [2.45, 2.75) is 19.9 Å². The molecular weight excluding hydrogens is 280 g/mol. The molecule has 6 heteroatoms. The Labute approximate surface area is 128 Å². The zero-order valence-electron chi connectivity index (χ0n) is 12.3. The number of hydrogen-bond donors (Lipinski definition) is 0. The maximum absolute atomic E-state index is 12.6. The largest absolute Gasteiger partial charge is 0.310 e. The number of nitrogens with zero attached hydrogens (tertiary/aromatic N) is 4. The van der Waals surface area contributed by atoms with E-state index in [2.05, 4.69) is 16.4 Å². The number of para-hydroxylation sites is 1. The molecule has 1 amide bonds. The third-order valence-electron chi connectivity index (χ3n) is 3.54. The van der Waals surface area contributed by atoms with Crippen molar-refractivity contribution in [3.63, 3.8) is 0 Å². The van der Waals surface area contributed by atoms with E-state index in [0.29, 0.717) is 6.54 Å². The van der Waals surface area contributed by atoms with E-state index in [1.54, 1.807) is 4.90 Å². The summed E-state index contributed by atoms with van der Waals surface area (Å²) in [6.45, 7) is 2.11. The summed E-state index contributed by atoms with van der Waals surface area (Å²) in [4.78, 5) is 25.6. The molecule has 0 unspecified atom stereocenters. The lowest BCUT2D eigenvalue weighted by molar-refractivity contribution is -0.119. The van der Waals surface area contributed by atoms with E-state index >= 15 is 0 Å². The third kappa shape index (κ3) is 2.81. The molecule has 2 heterocycles. The van der Waals surface area contributed by atoms with Gasteiger partial charge in [-0.15, -0.1) is 5.10 Å². The molecule has 0 bridgehead atoms. The van der Waals surface area contributed by atoms with E-state index in [0.717, 1.165) is 17.7 Å². The van der Waals surface area contributed by atoms with Crippen LogP contribution in [0.3, 0.4) is 0 Å². The van der Waals surface area contributed by atoms with Gasteiger partial charge in [-0.25, -0.2) is 4.68 Å². The van der Waals surface area contributed by atoms with Crippen LogP contribution in [0.25, 0.3) is 6.08 Å². The molecule has 0 aliphatic carbocycles. The van der Waals surface area contributed by atoms with Crippen LogP contribution in [-0.2, 0) is 11.3 Å². The second kappa shape index (κ2) is 5.93. The predicted octanol–water partition coefficient (Wildman–Crippen LogP) is 1.93. The molecule has 1 aromatic carbocycles. The lowest BCUT2D eigenvalue weighted by Crippen LogP contribution is -2.34. The Balaban J connectivity index is 1.81. The summed E-state index contributed by atoms with van der Waals surface area (Å²) in [7, 11) is 0. The summed E-state index contributed by atoms with van der Waals surface area (Å²) >= 11 is 0. The molecule has 0 saturated heterocycles. The van der Waals surface area contributed by atoms with E-state index in [4.69, 9.17) is 0 Å². The molecule has 2 aromatic rings. The van der Waals surface area contributed by atoms with Gasteiger partial charge in [-0.2, -0.15) is 0 Å². The Bertz CT molecular complexity index is 748. The number of aromatic nitrogens is 3. The topological polar surface area (TPSA) is 68.1 Å². The van der Waals surface area contributed by atoms with Crippen LogP contribution in [0, 0.1) is 0 Å². The molecule has 1 aromatic heterocycles. The Morgan fingerprint density at radius 1 is 1.27 bits per heavy atom. The van der Waals surface area contributed by atoms with Crippen molar-refractivity contribution in [2.75, 3.05) is 11.4 Å². The number of ketones is 1. The molecule has 1 aliphatic rings. The van der Waals surface area contributed by atoms with Crippen LogP contribution in [0.15, 0.2) is 36.5 Å². The van der Waals surface area contributed by atoms with E-state index in [-0.39, 0.29) is 23.9 Å². The highest BCUT2D eigenvalue weighted by atomic mass is 16.2. The summed E-state index contributed by atoms with van der Waals surface area (Å²) < 4.78 is 1.40. The predicted molar refractivity (Wildman–Crippen MR) is 82.5 cm³/mol. The fourth-order valence-corrected chi connectivity index (χ4v) is 2.43. The normalized spacial score (nSPS) is 13.6. The lowest BCUT2D eigenvalue weighted by Gasteiger charge is -2.22. The Morgan fingerprint density at radius 2 is 2.09 bits per heavy atom. The second-order valence-electron chi connectivity index (χ2n) is 5.15. The van der Waals surface area contributed by atoms with Crippen molar-refractivity contribution >= 4 is 23.5 Å². The fraction of sp³-hybridized carbons (Fsp3) is 0.250. The minimum absolute atomic E-state index is 0.0641. The van der Waals surface area contributed by atoms with Gasteiger partial charge in [-0.3, -0.25) is 9.59 Å². The summed E-state index contributed by atoms with van der Waals surface area (Å²) in [5.74, 6) is -0.237. The Hall–Kier alpha value is -2.76. The van der Waals surface area contributed by atoms with Crippen LogP contribution < -0.4 is 4.90 Å². The Kier molecular flexibility index (Phi) is 3.82. The number of carbonyl (C=O) groups excluding carboxylic acids is 2. The first kappa shape index (κ1) is 14.2. The molecule has 0 fully saturated rings. The first-order chi connectivity index (χ1) is 10.6. The van der Waals surface area contributed by atoms with Gasteiger partial charge in [0, 0.05) is 13.5 Å². The smallest absolute Gasteiger partial charge is 0.248 e. The van der Waals surface area contributed by atoms with E-state index in [1.807, 2.05) is 30.3 Å². The average Bonchev–Trinajstić information content (AvgIpc) is 2.86. The van der Waals surface area contributed by atoms with Crippen molar-refractivity contribution in [1.82, 2.24) is 15.0 Å². The van der Waals surface area contributed by atoms with Crippen LogP contribution in [0.2, 0.25) is 0 Å². The summed E-state index contributed by atoms with van der Waals surface area (Å²) in [6, 6.07) is 7.79. The van der Waals surface area contributed by atoms with Gasteiger partial charge >= 0.3 is 0 Å². The van der Waals surface area contributed by atoms with Gasteiger partial charge in [-0.05, 0) is 18.1 Å². The van der Waals surface area contributed by atoms with E-state index in [9.17, 15) is 9.59 Å². The number of Topliss-reactive ketones (excluding diaryl/α,β-unsaturated/α-hetero) is 1. The molecule has 0 N–H and O–H groups in total. The second-order valence-corrected chi connectivity index (χ2v) is 5.15. The molecule has 3 rings (SSSR count). The number of fused-ring (bicyclic) bond motifs is 1. The quantitative estimate of drug-likeness (QED) is 0.812. The number of hydrogen-bond acceptors (Lipinski definition) is 4. The van der Waals surface area contributed by atoms with Crippen LogP contribution in [0.4, 0.5) is 5.69 Å². The zero-order chi connectivity index (χ0) is 15.5. The van der Waals surface area contributed by atoms with Gasteiger partial charge in [0.05, 0.1) is 11.9 Å². The zero-order valence-corrected chi connectivity index (χ0v) is 12.3. The standard InChI is InChI=1S/C16H16N4O2/c1-12(21)14-10-19(18-17-14)11-16(22)20-9-5-4-7-13-6-2-3-8-15(13)20/h2-4,6-8,10H,5,9,11H2,1H3. The van der Waals surface area contributed by atoms with Crippen molar-refractivity contribution < 1.29 is 9.59 Å². The van der Waals surface area contributed by atoms with E-state index < -0.39 is 0 Å². The monoisotopic (exact) mass is 296 g/mol. The van der Waals surface area contributed by atoms with Crippen molar-refractivity contribution in [1.29, 1.82) is 0 Å². The van der Waals surface area contributed by atoms with Crippen LogP contribution >= 0.6 is 0 Å². The summed E-state index contributed by atoms with van der Waals surface area (Å²) in [5, 5.41) is 7.59. The number of anilines is 1. The summed E-state index contributed by atoms with van der Waals surface area (Å²) in [6.07, 6.45) is 6.40. The molecule has 6 nitrogen and oxygen atoms in total. The van der Waals surface area contributed by atoms with Gasteiger partial charge in [0.15, 0.2) is 5.78 Å². The van der Waals surface area contributed by atoms with Gasteiger partial charge in [0.2, 0.25) is 5.91 Å². The first-order valence-corrected chi connectivity index (χ1v) is 7.12. The molecule has 22 heavy (non-hydrogen) atoms. The van der Waals surface area contributed by atoms with Gasteiger partial charge in [0.1, 0.15) is 12.2 Å². The molecule has 1 aliphatic heterocycles. The van der Waals surface area contributed by atoms with Gasteiger partial charge in [0.25, 0.3) is 0 Å². The molecular formula is C16H16N4O2. The number of benzene rings is 1. The van der Waals surface area contributed by atoms with Gasteiger partial charge in [-0.1, -0.05) is 35.6 Å². The SMILES string of the molecule is CC(=O)c1cn(CC(=O)N2CCC=Cc3ccccc32)nn1. The van der Waals surface area contributed by atoms with Crippen molar-refractivity contribution in [2.24, 2.45) is 0 Å². The molecule has 0 radical (unpaired) electrons. The highest BCUT2D eigenvalue weighted by Crippen LogP contribution is 2.25. The van der Waals surface area contributed by atoms with Gasteiger partial charge < -0.3 is 4.90 Å². The molecule has 0 atom stereocenters. The summed E-state index contributed by atoms with van der Waals surface area (Å²) in [5.41, 5.74) is 2.19. The maximum Gasteiger partial charge on any atom is 0.248 e. The lowest BCUT2D eigenvalue weighted by atomic mass is 10.1. The number of rotatable bonds is 3.